The highest BCUT2D eigenvalue weighted by Gasteiger charge is 2.19. The first-order valence-corrected chi connectivity index (χ1v) is 12.2. The van der Waals surface area contributed by atoms with Gasteiger partial charge in [-0.15, -0.1) is 0 Å². The molecule has 0 aliphatic rings. The number of rotatable bonds is 8. The quantitative estimate of drug-likeness (QED) is 0.256. The van der Waals surface area contributed by atoms with Crippen molar-refractivity contribution in [2.24, 2.45) is 0 Å². The molecule has 5 rings (SSSR count). The maximum absolute atomic E-state index is 4.77. The Hall–Kier alpha value is -3.92. The van der Waals surface area contributed by atoms with E-state index in [1.807, 2.05) is 12.1 Å². The predicted molar refractivity (Wildman–Crippen MR) is 140 cm³/mol. The van der Waals surface area contributed by atoms with E-state index in [9.17, 15) is 0 Å². The van der Waals surface area contributed by atoms with Gasteiger partial charge in [0.1, 0.15) is 0 Å². The number of aromatic amines is 2. The standard InChI is InChI=1S/C30H30N4/c1-3-12-25-27(21-14-7-5-8-15-21)31-33-29(25)23-18-11-19-24(20-23)30-26(13-4-2)28(32-34-30)22-16-9-6-10-17-22/h5-11,14-20H,3-4,12-13H2,1-2H3,(H,31,33)(H,32,34). The van der Waals surface area contributed by atoms with Gasteiger partial charge in [0.25, 0.3) is 0 Å². The van der Waals surface area contributed by atoms with Gasteiger partial charge in [0.15, 0.2) is 0 Å². The van der Waals surface area contributed by atoms with Crippen LogP contribution >= 0.6 is 0 Å². The summed E-state index contributed by atoms with van der Waals surface area (Å²) < 4.78 is 0. The minimum absolute atomic E-state index is 0.974. The summed E-state index contributed by atoms with van der Waals surface area (Å²) in [6.07, 6.45) is 4.07. The van der Waals surface area contributed by atoms with Gasteiger partial charge in [-0.25, -0.2) is 0 Å². The molecule has 4 nitrogen and oxygen atoms in total. The fourth-order valence-electron chi connectivity index (χ4n) is 4.70. The molecule has 2 N–H and O–H groups in total. The summed E-state index contributed by atoms with van der Waals surface area (Å²) in [4.78, 5) is 0. The first kappa shape index (κ1) is 21.9. The molecule has 5 aromatic rings. The molecule has 0 aliphatic carbocycles. The third-order valence-electron chi connectivity index (χ3n) is 6.27. The fourth-order valence-corrected chi connectivity index (χ4v) is 4.70. The zero-order chi connectivity index (χ0) is 23.3. The molecule has 2 aromatic heterocycles. The van der Waals surface area contributed by atoms with Crippen LogP contribution < -0.4 is 0 Å². The monoisotopic (exact) mass is 446 g/mol. The molecule has 0 aliphatic heterocycles. The summed E-state index contributed by atoms with van der Waals surface area (Å²) >= 11 is 0. The Morgan fingerprint density at radius 2 is 0.941 bits per heavy atom. The zero-order valence-electron chi connectivity index (χ0n) is 19.8. The molecule has 4 heteroatoms. The molecule has 0 saturated heterocycles. The van der Waals surface area contributed by atoms with Gasteiger partial charge >= 0.3 is 0 Å². The van der Waals surface area contributed by atoms with Crippen LogP contribution in [0.5, 0.6) is 0 Å². The number of nitrogens with one attached hydrogen (secondary N) is 2. The van der Waals surface area contributed by atoms with Gasteiger partial charge in [-0.2, -0.15) is 10.2 Å². The molecule has 2 heterocycles. The van der Waals surface area contributed by atoms with Crippen LogP contribution in [0.25, 0.3) is 45.0 Å². The van der Waals surface area contributed by atoms with E-state index in [-0.39, 0.29) is 0 Å². The summed E-state index contributed by atoms with van der Waals surface area (Å²) in [5.74, 6) is 0. The Morgan fingerprint density at radius 1 is 0.529 bits per heavy atom. The van der Waals surface area contributed by atoms with Crippen LogP contribution in [0.2, 0.25) is 0 Å². The zero-order valence-corrected chi connectivity index (χ0v) is 19.8. The van der Waals surface area contributed by atoms with Crippen molar-refractivity contribution in [1.29, 1.82) is 0 Å². The summed E-state index contributed by atoms with van der Waals surface area (Å²) in [6.45, 7) is 4.43. The average Bonchev–Trinajstić information content (AvgIpc) is 3.50. The molecular weight excluding hydrogens is 416 g/mol. The van der Waals surface area contributed by atoms with Crippen LogP contribution in [0.3, 0.4) is 0 Å². The van der Waals surface area contributed by atoms with Crippen molar-refractivity contribution in [1.82, 2.24) is 20.4 Å². The number of nitrogens with zero attached hydrogens (tertiary/aromatic N) is 2. The molecule has 3 aromatic carbocycles. The molecule has 0 bridgehead atoms. The minimum Gasteiger partial charge on any atom is -0.277 e. The minimum atomic E-state index is 0.974. The lowest BCUT2D eigenvalue weighted by molar-refractivity contribution is 0.925. The highest BCUT2D eigenvalue weighted by Crippen LogP contribution is 2.35. The summed E-state index contributed by atoms with van der Waals surface area (Å²) in [7, 11) is 0. The largest absolute Gasteiger partial charge is 0.277 e. The van der Waals surface area contributed by atoms with E-state index in [0.29, 0.717) is 0 Å². The topological polar surface area (TPSA) is 57.4 Å². The Labute approximate surface area is 201 Å². The summed E-state index contributed by atoms with van der Waals surface area (Å²) in [5.41, 5.74) is 11.4. The molecule has 0 unspecified atom stereocenters. The van der Waals surface area contributed by atoms with E-state index in [4.69, 9.17) is 10.2 Å². The van der Waals surface area contributed by atoms with Gasteiger partial charge in [-0.05, 0) is 30.0 Å². The van der Waals surface area contributed by atoms with Crippen molar-refractivity contribution in [3.05, 3.63) is 96.1 Å². The van der Waals surface area contributed by atoms with Gasteiger partial charge in [-0.1, -0.05) is 106 Å². The SMILES string of the molecule is CCCc1c(-c2cccc(-c3n[nH]c(-c4ccccc4)c3CCC)c2)n[nH]c1-c1ccccc1. The number of benzene rings is 3. The highest BCUT2D eigenvalue weighted by atomic mass is 15.1. The third kappa shape index (κ3) is 4.19. The predicted octanol–water partition coefficient (Wildman–Crippen LogP) is 7.71. The van der Waals surface area contributed by atoms with E-state index in [1.54, 1.807) is 0 Å². The Kier molecular flexibility index (Phi) is 6.39. The fraction of sp³-hybridized carbons (Fsp3) is 0.200. The van der Waals surface area contributed by atoms with Crippen molar-refractivity contribution in [2.45, 2.75) is 39.5 Å². The normalized spacial score (nSPS) is 11.1. The molecule has 0 amide bonds. The second-order valence-electron chi connectivity index (χ2n) is 8.66. The smallest absolute Gasteiger partial charge is 0.0959 e. The van der Waals surface area contributed by atoms with Crippen LogP contribution in [0.4, 0.5) is 0 Å². The maximum atomic E-state index is 4.77. The van der Waals surface area contributed by atoms with E-state index in [1.165, 1.54) is 22.3 Å². The number of aromatic nitrogens is 4. The van der Waals surface area contributed by atoms with Crippen LogP contribution in [-0.4, -0.2) is 20.4 Å². The van der Waals surface area contributed by atoms with Crippen molar-refractivity contribution in [3.63, 3.8) is 0 Å². The Morgan fingerprint density at radius 3 is 1.35 bits per heavy atom. The first-order valence-electron chi connectivity index (χ1n) is 12.2. The lowest BCUT2D eigenvalue weighted by Crippen LogP contribution is -1.92. The van der Waals surface area contributed by atoms with Crippen LogP contribution in [-0.2, 0) is 12.8 Å². The van der Waals surface area contributed by atoms with Crippen molar-refractivity contribution in [2.75, 3.05) is 0 Å². The van der Waals surface area contributed by atoms with Crippen molar-refractivity contribution < 1.29 is 0 Å². The number of hydrogen-bond donors (Lipinski definition) is 2. The van der Waals surface area contributed by atoms with Crippen molar-refractivity contribution in [3.8, 4) is 45.0 Å². The van der Waals surface area contributed by atoms with E-state index < -0.39 is 0 Å². The number of H-pyrrole nitrogens is 2. The summed E-state index contributed by atoms with van der Waals surface area (Å²) in [6, 6.07) is 29.6. The Balaban J connectivity index is 1.58. The van der Waals surface area contributed by atoms with Crippen LogP contribution in [0.15, 0.2) is 84.9 Å². The second kappa shape index (κ2) is 9.92. The van der Waals surface area contributed by atoms with Gasteiger partial charge in [-0.3, -0.25) is 10.2 Å². The van der Waals surface area contributed by atoms with Crippen LogP contribution in [0, 0.1) is 0 Å². The highest BCUT2D eigenvalue weighted by molar-refractivity contribution is 5.79. The molecule has 0 spiro atoms. The first-order chi connectivity index (χ1) is 16.8. The lowest BCUT2D eigenvalue weighted by atomic mass is 9.95. The molecule has 34 heavy (non-hydrogen) atoms. The van der Waals surface area contributed by atoms with E-state index in [2.05, 4.69) is 96.8 Å². The van der Waals surface area contributed by atoms with Gasteiger partial charge < -0.3 is 0 Å². The second-order valence-corrected chi connectivity index (χ2v) is 8.66. The lowest BCUT2D eigenvalue weighted by Gasteiger charge is -2.08. The van der Waals surface area contributed by atoms with Crippen molar-refractivity contribution >= 4 is 0 Å². The average molecular weight is 447 g/mol. The number of hydrogen-bond acceptors (Lipinski definition) is 2. The molecule has 0 atom stereocenters. The third-order valence-corrected chi connectivity index (χ3v) is 6.27. The van der Waals surface area contributed by atoms with Gasteiger partial charge in [0.05, 0.1) is 22.8 Å². The molecule has 0 radical (unpaired) electrons. The van der Waals surface area contributed by atoms with Crippen LogP contribution in [0.1, 0.15) is 37.8 Å². The molecule has 170 valence electrons. The maximum Gasteiger partial charge on any atom is 0.0959 e. The van der Waals surface area contributed by atoms with E-state index in [0.717, 1.165) is 59.6 Å². The molecular formula is C30H30N4. The van der Waals surface area contributed by atoms with Gasteiger partial charge in [0.2, 0.25) is 0 Å². The molecule has 0 saturated carbocycles. The van der Waals surface area contributed by atoms with Gasteiger partial charge in [0, 0.05) is 22.3 Å². The Bertz CT molecular complexity index is 1260. The molecule has 0 fully saturated rings. The van der Waals surface area contributed by atoms with E-state index >= 15 is 0 Å². The summed E-state index contributed by atoms with van der Waals surface area (Å²) in [5, 5.41) is 16.2.